The van der Waals surface area contributed by atoms with Crippen LogP contribution < -0.4 is 0 Å². The number of carbonyl (C=O) groups is 1. The minimum Gasteiger partial charge on any atom is -0.465 e. The zero-order chi connectivity index (χ0) is 19.5. The van der Waals surface area contributed by atoms with Crippen molar-refractivity contribution in [2.24, 2.45) is 5.41 Å². The molecule has 3 N–H and O–H groups in total. The highest BCUT2D eigenvalue weighted by molar-refractivity contribution is 7.99. The van der Waals surface area contributed by atoms with Gasteiger partial charge in [-0.2, -0.15) is 11.8 Å². The van der Waals surface area contributed by atoms with Gasteiger partial charge >= 0.3 is 5.97 Å². The van der Waals surface area contributed by atoms with Gasteiger partial charge in [-0.25, -0.2) is 0 Å². The molecule has 0 aliphatic heterocycles. The topological polar surface area (TPSA) is 87.0 Å². The lowest BCUT2D eigenvalue weighted by Gasteiger charge is -2.26. The summed E-state index contributed by atoms with van der Waals surface area (Å²) < 4.78 is 5.05. The van der Waals surface area contributed by atoms with Gasteiger partial charge in [-0.1, -0.05) is 64.7 Å². The minimum atomic E-state index is -1.14. The Hall–Kier alpha value is -0.300. The summed E-state index contributed by atoms with van der Waals surface area (Å²) in [7, 11) is 0. The molecule has 0 atom stereocenters. The maximum absolute atomic E-state index is 11.7. The van der Waals surface area contributed by atoms with E-state index in [2.05, 4.69) is 6.92 Å². The number of hydrogen-bond donors (Lipinski definition) is 3. The molecule has 0 unspecified atom stereocenters. The van der Waals surface area contributed by atoms with Gasteiger partial charge < -0.3 is 20.1 Å². The van der Waals surface area contributed by atoms with E-state index in [-0.39, 0.29) is 12.6 Å². The first-order valence-corrected chi connectivity index (χ1v) is 11.4. The van der Waals surface area contributed by atoms with E-state index < -0.39 is 25.2 Å². The van der Waals surface area contributed by atoms with E-state index in [1.54, 1.807) is 11.8 Å². The van der Waals surface area contributed by atoms with Gasteiger partial charge in [-0.3, -0.25) is 4.79 Å². The van der Waals surface area contributed by atoms with Crippen LogP contribution in [0.4, 0.5) is 0 Å². The van der Waals surface area contributed by atoms with E-state index in [1.807, 2.05) is 0 Å². The van der Waals surface area contributed by atoms with Crippen molar-refractivity contribution in [3.05, 3.63) is 0 Å². The third-order valence-electron chi connectivity index (χ3n) is 4.64. The van der Waals surface area contributed by atoms with Crippen molar-refractivity contribution in [2.75, 3.05) is 37.9 Å². The standard InChI is InChI=1S/C20H40O5S/c1-2-3-4-5-6-7-8-9-10-11-13-26-14-12-19(24)25-18-20(15-21,16-22)17-23/h21-23H,2-18H2,1H3. The Morgan fingerprint density at radius 1 is 0.808 bits per heavy atom. The molecule has 0 bridgehead atoms. The van der Waals surface area contributed by atoms with Crippen molar-refractivity contribution in [2.45, 2.75) is 77.6 Å². The highest BCUT2D eigenvalue weighted by Crippen LogP contribution is 2.16. The predicted octanol–water partition coefficient (Wildman–Crippen LogP) is 3.54. The van der Waals surface area contributed by atoms with Gasteiger partial charge in [0.2, 0.25) is 0 Å². The van der Waals surface area contributed by atoms with Gasteiger partial charge in [-0.15, -0.1) is 0 Å². The van der Waals surface area contributed by atoms with Crippen LogP contribution in [0.25, 0.3) is 0 Å². The first-order chi connectivity index (χ1) is 12.6. The van der Waals surface area contributed by atoms with E-state index in [0.29, 0.717) is 6.42 Å². The van der Waals surface area contributed by atoms with Crippen LogP contribution in [0.3, 0.4) is 0 Å². The molecule has 0 saturated heterocycles. The van der Waals surface area contributed by atoms with Crippen LogP contribution in [-0.2, 0) is 9.53 Å². The first-order valence-electron chi connectivity index (χ1n) is 10.2. The lowest BCUT2D eigenvalue weighted by Crippen LogP contribution is -2.39. The van der Waals surface area contributed by atoms with Crippen LogP contribution in [0.2, 0.25) is 0 Å². The van der Waals surface area contributed by atoms with Crippen LogP contribution >= 0.6 is 11.8 Å². The number of unbranched alkanes of at least 4 members (excludes halogenated alkanes) is 9. The fraction of sp³-hybridized carbons (Fsp3) is 0.950. The van der Waals surface area contributed by atoms with Crippen molar-refractivity contribution < 1.29 is 24.9 Å². The van der Waals surface area contributed by atoms with Crippen molar-refractivity contribution in [1.82, 2.24) is 0 Å². The second-order valence-corrected chi connectivity index (χ2v) is 8.40. The molecule has 0 rings (SSSR count). The molecule has 5 nitrogen and oxygen atoms in total. The molecule has 26 heavy (non-hydrogen) atoms. The van der Waals surface area contributed by atoms with Gasteiger partial charge in [0.25, 0.3) is 0 Å². The van der Waals surface area contributed by atoms with E-state index in [9.17, 15) is 20.1 Å². The van der Waals surface area contributed by atoms with Crippen molar-refractivity contribution >= 4 is 17.7 Å². The second-order valence-electron chi connectivity index (χ2n) is 7.18. The molecule has 0 aromatic heterocycles. The van der Waals surface area contributed by atoms with E-state index in [0.717, 1.165) is 11.5 Å². The fourth-order valence-corrected chi connectivity index (χ4v) is 3.47. The summed E-state index contributed by atoms with van der Waals surface area (Å²) in [5.41, 5.74) is -1.14. The monoisotopic (exact) mass is 392 g/mol. The first kappa shape index (κ1) is 25.7. The average Bonchev–Trinajstić information content (AvgIpc) is 2.67. The predicted molar refractivity (Wildman–Crippen MR) is 108 cm³/mol. The maximum Gasteiger partial charge on any atom is 0.306 e. The van der Waals surface area contributed by atoms with E-state index >= 15 is 0 Å². The third kappa shape index (κ3) is 13.8. The van der Waals surface area contributed by atoms with Crippen LogP contribution in [0.15, 0.2) is 0 Å². The summed E-state index contributed by atoms with van der Waals surface area (Å²) in [6.45, 7) is 0.845. The molecule has 0 spiro atoms. The normalized spacial score (nSPS) is 11.7. The maximum atomic E-state index is 11.7. The number of carbonyl (C=O) groups excluding carboxylic acids is 1. The number of esters is 1. The number of ether oxygens (including phenoxy) is 1. The van der Waals surface area contributed by atoms with Crippen LogP contribution in [0.1, 0.15) is 77.6 Å². The summed E-state index contributed by atoms with van der Waals surface area (Å²) in [6, 6.07) is 0. The van der Waals surface area contributed by atoms with Crippen molar-refractivity contribution in [3.63, 3.8) is 0 Å². The van der Waals surface area contributed by atoms with Gasteiger partial charge in [0.05, 0.1) is 31.7 Å². The Bertz CT molecular complexity index is 313. The summed E-state index contributed by atoms with van der Waals surface area (Å²) in [5, 5.41) is 27.5. The molecule has 0 aromatic rings. The molecule has 0 aromatic carbocycles. The highest BCUT2D eigenvalue weighted by atomic mass is 32.2. The SMILES string of the molecule is CCCCCCCCCCCCSCCC(=O)OCC(CO)(CO)CO. The highest BCUT2D eigenvalue weighted by Gasteiger charge is 2.29. The van der Waals surface area contributed by atoms with Crippen molar-refractivity contribution in [3.8, 4) is 0 Å². The fourth-order valence-electron chi connectivity index (χ4n) is 2.54. The van der Waals surface area contributed by atoms with Gasteiger partial charge in [0, 0.05) is 5.75 Å². The average molecular weight is 393 g/mol. The summed E-state index contributed by atoms with van der Waals surface area (Å²) >= 11 is 1.76. The van der Waals surface area contributed by atoms with Crippen LogP contribution in [0.5, 0.6) is 0 Å². The Kier molecular flexibility index (Phi) is 17.9. The number of aliphatic hydroxyl groups is 3. The summed E-state index contributed by atoms with van der Waals surface area (Å²) in [5.74, 6) is 1.44. The Morgan fingerprint density at radius 2 is 1.31 bits per heavy atom. The lowest BCUT2D eigenvalue weighted by molar-refractivity contribution is -0.150. The molecule has 0 radical (unpaired) electrons. The van der Waals surface area contributed by atoms with Gasteiger partial charge in [-0.05, 0) is 12.2 Å². The van der Waals surface area contributed by atoms with Crippen molar-refractivity contribution in [1.29, 1.82) is 0 Å². The Labute approximate surface area is 163 Å². The molecule has 0 aliphatic carbocycles. The van der Waals surface area contributed by atoms with Crippen LogP contribution in [-0.4, -0.2) is 59.2 Å². The Morgan fingerprint density at radius 3 is 1.81 bits per heavy atom. The molecule has 156 valence electrons. The summed E-state index contributed by atoms with van der Waals surface area (Å²) in [4.78, 5) is 11.7. The number of rotatable bonds is 19. The Balaban J connectivity index is 3.40. The van der Waals surface area contributed by atoms with Crippen LogP contribution in [0, 0.1) is 5.41 Å². The quantitative estimate of drug-likeness (QED) is 0.230. The smallest absolute Gasteiger partial charge is 0.306 e. The second kappa shape index (κ2) is 18.1. The number of aliphatic hydroxyl groups excluding tert-OH is 3. The molecular weight excluding hydrogens is 352 g/mol. The molecule has 0 aliphatic rings. The molecule has 0 saturated carbocycles. The zero-order valence-electron chi connectivity index (χ0n) is 16.6. The molecule has 6 heteroatoms. The minimum absolute atomic E-state index is 0.154. The largest absolute Gasteiger partial charge is 0.465 e. The lowest BCUT2D eigenvalue weighted by atomic mass is 9.93. The summed E-state index contributed by atoms with van der Waals surface area (Å²) in [6.07, 6.45) is 13.6. The zero-order valence-corrected chi connectivity index (χ0v) is 17.4. The molecule has 0 amide bonds. The van der Waals surface area contributed by atoms with E-state index in [1.165, 1.54) is 64.2 Å². The molecular formula is C20H40O5S. The molecule has 0 fully saturated rings. The third-order valence-corrected chi connectivity index (χ3v) is 5.71. The van der Waals surface area contributed by atoms with E-state index in [4.69, 9.17) is 4.74 Å². The molecule has 0 heterocycles. The van der Waals surface area contributed by atoms with Gasteiger partial charge in [0.1, 0.15) is 6.61 Å². The van der Waals surface area contributed by atoms with Gasteiger partial charge in [0.15, 0.2) is 0 Å². The number of thioether (sulfide) groups is 1. The number of hydrogen-bond acceptors (Lipinski definition) is 6.